The van der Waals surface area contributed by atoms with E-state index in [0.29, 0.717) is 17.7 Å². The molecule has 1 aromatic heterocycles. The number of hydrogen-bond donors (Lipinski definition) is 1. The van der Waals surface area contributed by atoms with Gasteiger partial charge < -0.3 is 19.3 Å². The lowest BCUT2D eigenvalue weighted by Crippen LogP contribution is -2.32. The van der Waals surface area contributed by atoms with Gasteiger partial charge in [-0.15, -0.1) is 0 Å². The first-order valence-electron chi connectivity index (χ1n) is 7.27. The summed E-state index contributed by atoms with van der Waals surface area (Å²) < 4.78 is 23.4. The molecule has 0 bridgehead atoms. The normalized spacial score (nSPS) is 20.9. The summed E-state index contributed by atoms with van der Waals surface area (Å²) in [5.74, 6) is -0.292. The minimum Gasteiger partial charge on any atom is -0.391 e. The maximum absolute atomic E-state index is 13.4. The molecule has 0 radical (unpaired) electrons. The van der Waals surface area contributed by atoms with Crippen LogP contribution in [0, 0.1) is 5.82 Å². The fourth-order valence-electron chi connectivity index (χ4n) is 2.84. The third-order valence-electron chi connectivity index (χ3n) is 3.84. The van der Waals surface area contributed by atoms with E-state index in [9.17, 15) is 14.3 Å². The minimum absolute atomic E-state index is 0.146. The molecule has 2 aromatic rings. The molecular weight excluding hydrogens is 303 g/mol. The number of methoxy groups -OCH3 is 1. The van der Waals surface area contributed by atoms with Crippen molar-refractivity contribution in [3.63, 3.8) is 0 Å². The van der Waals surface area contributed by atoms with E-state index in [1.807, 2.05) is 0 Å². The highest BCUT2D eigenvalue weighted by atomic mass is 19.1. The van der Waals surface area contributed by atoms with Crippen LogP contribution in [0.2, 0.25) is 0 Å². The lowest BCUT2D eigenvalue weighted by atomic mass is 10.0. The van der Waals surface area contributed by atoms with Crippen molar-refractivity contribution < 1.29 is 23.6 Å². The Labute approximate surface area is 132 Å². The summed E-state index contributed by atoms with van der Waals surface area (Å²) in [5.41, 5.74) is 0.795. The van der Waals surface area contributed by atoms with Gasteiger partial charge in [0.2, 0.25) is 0 Å². The van der Waals surface area contributed by atoms with E-state index in [-0.39, 0.29) is 30.6 Å². The number of β-amino-alcohol motifs (C(OH)–C–C–N with tert-alkyl or cyclic N) is 1. The van der Waals surface area contributed by atoms with Crippen molar-refractivity contribution in [1.29, 1.82) is 0 Å². The van der Waals surface area contributed by atoms with Gasteiger partial charge >= 0.3 is 0 Å². The third-order valence-corrected chi connectivity index (χ3v) is 3.84. The molecule has 1 fully saturated rings. The quantitative estimate of drug-likeness (QED) is 0.931. The summed E-state index contributed by atoms with van der Waals surface area (Å²) in [5, 5.41) is 13.7. The zero-order chi connectivity index (χ0) is 16.4. The number of benzene rings is 1. The number of nitrogens with zero attached hydrogens (tertiary/aromatic N) is 2. The van der Waals surface area contributed by atoms with Gasteiger partial charge in [-0.05, 0) is 24.1 Å². The van der Waals surface area contributed by atoms with Crippen molar-refractivity contribution in [3.05, 3.63) is 53.2 Å². The molecule has 6 nitrogen and oxygen atoms in total. The zero-order valence-corrected chi connectivity index (χ0v) is 12.6. The fraction of sp³-hybridized carbons (Fsp3) is 0.375. The maximum atomic E-state index is 13.4. The van der Waals surface area contributed by atoms with Gasteiger partial charge in [0, 0.05) is 19.7 Å². The topological polar surface area (TPSA) is 75.8 Å². The maximum Gasteiger partial charge on any atom is 0.276 e. The molecule has 1 aromatic carbocycles. The molecule has 1 aliphatic rings. The van der Waals surface area contributed by atoms with Gasteiger partial charge in [-0.2, -0.15) is 0 Å². The number of aliphatic hydroxyl groups excluding tert-OH is 1. The first-order valence-corrected chi connectivity index (χ1v) is 7.27. The number of aliphatic hydroxyl groups is 1. The first-order chi connectivity index (χ1) is 11.1. The van der Waals surface area contributed by atoms with Crippen LogP contribution >= 0.6 is 0 Å². The van der Waals surface area contributed by atoms with Crippen LogP contribution in [0.15, 0.2) is 34.9 Å². The molecule has 1 amide bonds. The summed E-state index contributed by atoms with van der Waals surface area (Å²) >= 11 is 0. The molecule has 0 aliphatic carbocycles. The van der Waals surface area contributed by atoms with Gasteiger partial charge in [-0.1, -0.05) is 17.3 Å². The highest BCUT2D eigenvalue weighted by molar-refractivity contribution is 5.92. The number of halogens is 1. The summed E-state index contributed by atoms with van der Waals surface area (Å²) in [6.07, 6.45) is -0.296. The molecule has 1 saturated heterocycles. The van der Waals surface area contributed by atoms with Crippen molar-refractivity contribution in [3.8, 4) is 0 Å². The van der Waals surface area contributed by atoms with E-state index in [0.717, 1.165) is 0 Å². The van der Waals surface area contributed by atoms with Crippen molar-refractivity contribution in [2.45, 2.75) is 25.2 Å². The van der Waals surface area contributed by atoms with E-state index < -0.39 is 12.1 Å². The van der Waals surface area contributed by atoms with Crippen molar-refractivity contribution >= 4 is 5.91 Å². The fourth-order valence-corrected chi connectivity index (χ4v) is 2.84. The van der Waals surface area contributed by atoms with Crippen LogP contribution in [0.5, 0.6) is 0 Å². The SMILES string of the molecule is COCc1cc(C(=O)N2CC(O)CC2c2cccc(F)c2)no1. The number of ether oxygens (including phenoxy) is 1. The second-order valence-electron chi connectivity index (χ2n) is 5.53. The minimum atomic E-state index is -0.655. The Hall–Kier alpha value is -2.25. The predicted octanol–water partition coefficient (Wildman–Crippen LogP) is 1.91. The second kappa shape index (κ2) is 6.47. The van der Waals surface area contributed by atoms with Gasteiger partial charge in [0.15, 0.2) is 11.5 Å². The molecule has 0 saturated carbocycles. The molecule has 2 atom stereocenters. The molecule has 3 rings (SSSR count). The Morgan fingerprint density at radius 1 is 1.52 bits per heavy atom. The van der Waals surface area contributed by atoms with Gasteiger partial charge in [0.1, 0.15) is 12.4 Å². The molecule has 7 heteroatoms. The molecule has 1 N–H and O–H groups in total. The Morgan fingerprint density at radius 3 is 3.09 bits per heavy atom. The lowest BCUT2D eigenvalue weighted by Gasteiger charge is -2.23. The zero-order valence-electron chi connectivity index (χ0n) is 12.6. The monoisotopic (exact) mass is 320 g/mol. The molecule has 23 heavy (non-hydrogen) atoms. The highest BCUT2D eigenvalue weighted by Crippen LogP contribution is 2.33. The molecular formula is C16H17FN2O4. The number of carbonyl (C=O) groups is 1. The van der Waals surface area contributed by atoms with Gasteiger partial charge in [-0.3, -0.25) is 4.79 Å². The van der Waals surface area contributed by atoms with E-state index in [1.54, 1.807) is 12.1 Å². The second-order valence-corrected chi connectivity index (χ2v) is 5.53. The van der Waals surface area contributed by atoms with Crippen LogP contribution in [0.4, 0.5) is 4.39 Å². The van der Waals surface area contributed by atoms with Gasteiger partial charge in [-0.25, -0.2) is 4.39 Å². The molecule has 1 aliphatic heterocycles. The number of amides is 1. The first kappa shape index (κ1) is 15.6. The number of hydrogen-bond acceptors (Lipinski definition) is 5. The molecule has 0 spiro atoms. The number of carbonyl (C=O) groups excluding carboxylic acids is 1. The average molecular weight is 320 g/mol. The molecule has 122 valence electrons. The summed E-state index contributed by atoms with van der Waals surface area (Å²) in [6, 6.07) is 7.17. The number of likely N-dealkylation sites (tertiary alicyclic amines) is 1. The summed E-state index contributed by atoms with van der Waals surface area (Å²) in [6.45, 7) is 0.392. The van der Waals surface area contributed by atoms with Crippen molar-refractivity contribution in [1.82, 2.24) is 10.1 Å². The Kier molecular flexibility index (Phi) is 4.40. The third kappa shape index (κ3) is 3.25. The van der Waals surface area contributed by atoms with Crippen LogP contribution in [0.3, 0.4) is 0 Å². The Morgan fingerprint density at radius 2 is 2.35 bits per heavy atom. The van der Waals surface area contributed by atoms with Crippen LogP contribution < -0.4 is 0 Å². The number of aromatic nitrogens is 1. The van der Waals surface area contributed by atoms with Crippen LogP contribution in [-0.2, 0) is 11.3 Å². The Bertz CT molecular complexity index is 703. The van der Waals surface area contributed by atoms with Gasteiger partial charge in [0.05, 0.1) is 12.1 Å². The smallest absolute Gasteiger partial charge is 0.276 e. The lowest BCUT2D eigenvalue weighted by molar-refractivity contribution is 0.0704. The predicted molar refractivity (Wildman–Crippen MR) is 78.0 cm³/mol. The molecule has 2 heterocycles. The number of rotatable bonds is 4. The highest BCUT2D eigenvalue weighted by Gasteiger charge is 2.37. The van der Waals surface area contributed by atoms with Crippen LogP contribution in [0.1, 0.15) is 34.3 Å². The van der Waals surface area contributed by atoms with E-state index in [2.05, 4.69) is 5.16 Å². The van der Waals surface area contributed by atoms with E-state index in [4.69, 9.17) is 9.26 Å². The Balaban J connectivity index is 1.85. The van der Waals surface area contributed by atoms with Crippen molar-refractivity contribution in [2.75, 3.05) is 13.7 Å². The van der Waals surface area contributed by atoms with Crippen LogP contribution in [0.25, 0.3) is 0 Å². The summed E-state index contributed by atoms with van der Waals surface area (Å²) in [4.78, 5) is 14.1. The largest absolute Gasteiger partial charge is 0.391 e. The van der Waals surface area contributed by atoms with Crippen molar-refractivity contribution in [2.24, 2.45) is 0 Å². The van der Waals surface area contributed by atoms with Gasteiger partial charge in [0.25, 0.3) is 5.91 Å². The standard InChI is InChI=1S/C16H17FN2O4/c1-22-9-13-7-14(18-23-13)16(21)19-8-12(20)6-15(19)10-3-2-4-11(17)5-10/h2-5,7,12,15,20H,6,8-9H2,1H3. The van der Waals surface area contributed by atoms with E-state index >= 15 is 0 Å². The van der Waals surface area contributed by atoms with E-state index in [1.165, 1.54) is 30.2 Å². The van der Waals surface area contributed by atoms with Crippen LogP contribution in [-0.4, -0.2) is 40.8 Å². The average Bonchev–Trinajstić information content (AvgIpc) is 3.14. The molecule has 2 unspecified atom stereocenters. The summed E-state index contributed by atoms with van der Waals surface area (Å²) in [7, 11) is 1.51.